The van der Waals surface area contributed by atoms with Gasteiger partial charge in [-0.2, -0.15) is 4.98 Å². The Morgan fingerprint density at radius 2 is 2.04 bits per heavy atom. The second-order valence-electron chi connectivity index (χ2n) is 5.26. The van der Waals surface area contributed by atoms with Gasteiger partial charge in [0.2, 0.25) is 11.8 Å². The number of nitrogens with zero attached hydrogens (tertiary/aromatic N) is 2. The third-order valence-electron chi connectivity index (χ3n) is 3.36. The molecule has 1 heterocycles. The van der Waals surface area contributed by atoms with Crippen LogP contribution in [0.3, 0.4) is 0 Å². The molecule has 2 N–H and O–H groups in total. The van der Waals surface area contributed by atoms with Gasteiger partial charge in [-0.3, -0.25) is 4.79 Å². The van der Waals surface area contributed by atoms with Gasteiger partial charge < -0.3 is 15.2 Å². The molecule has 1 aromatic heterocycles. The summed E-state index contributed by atoms with van der Waals surface area (Å²) in [7, 11) is 1.90. The van der Waals surface area contributed by atoms with E-state index in [1.807, 2.05) is 37.4 Å². The van der Waals surface area contributed by atoms with Crippen molar-refractivity contribution in [3.63, 3.8) is 0 Å². The Morgan fingerprint density at radius 3 is 2.74 bits per heavy atom. The van der Waals surface area contributed by atoms with Crippen LogP contribution in [0.4, 0.5) is 0 Å². The molecule has 0 aliphatic carbocycles. The zero-order valence-corrected chi connectivity index (χ0v) is 14.2. The second-order valence-corrected chi connectivity index (χ2v) is 5.26. The Hall–Kier alpha value is -1.92. The highest BCUT2D eigenvalue weighted by atomic mass is 35.5. The molecule has 1 aromatic carbocycles. The first-order chi connectivity index (χ1) is 10.7. The van der Waals surface area contributed by atoms with E-state index < -0.39 is 0 Å². The van der Waals surface area contributed by atoms with Crippen LogP contribution >= 0.6 is 12.4 Å². The van der Waals surface area contributed by atoms with E-state index in [-0.39, 0.29) is 18.3 Å². The molecule has 0 spiro atoms. The van der Waals surface area contributed by atoms with Gasteiger partial charge in [0.25, 0.3) is 0 Å². The number of nitrogens with one attached hydrogen (secondary N) is 2. The molecule has 0 fully saturated rings. The van der Waals surface area contributed by atoms with Crippen LogP contribution < -0.4 is 10.6 Å². The normalized spacial score (nSPS) is 11.6. The molecule has 23 heavy (non-hydrogen) atoms. The highest BCUT2D eigenvalue weighted by Crippen LogP contribution is 2.02. The van der Waals surface area contributed by atoms with Gasteiger partial charge in [-0.25, -0.2) is 0 Å². The van der Waals surface area contributed by atoms with Crippen molar-refractivity contribution in [3.8, 4) is 0 Å². The zero-order valence-electron chi connectivity index (χ0n) is 13.4. The van der Waals surface area contributed by atoms with Gasteiger partial charge >= 0.3 is 0 Å². The minimum Gasteiger partial charge on any atom is -0.355 e. The van der Waals surface area contributed by atoms with Crippen LogP contribution in [0, 0.1) is 0 Å². The summed E-state index contributed by atoms with van der Waals surface area (Å²) in [4.78, 5) is 16.1. The van der Waals surface area contributed by atoms with Crippen LogP contribution in [0.2, 0.25) is 0 Å². The monoisotopic (exact) mass is 338 g/mol. The number of hydrogen-bond donors (Lipinski definition) is 2. The number of carbonyl (C=O) groups is 1. The summed E-state index contributed by atoms with van der Waals surface area (Å²) in [6, 6.07) is 9.96. The standard InChI is InChI=1S/C16H22N4O2.ClH/c1-12(17-2)10-14-19-16(22-20-14)8-9-18-15(21)11-13-6-4-3-5-7-13;/h3-7,12,17H,8-11H2,1-2H3,(H,18,21);1H. The lowest BCUT2D eigenvalue weighted by molar-refractivity contribution is -0.120. The number of halogens is 1. The fraction of sp³-hybridized carbons (Fsp3) is 0.438. The van der Waals surface area contributed by atoms with Gasteiger partial charge in [0.05, 0.1) is 6.42 Å². The van der Waals surface area contributed by atoms with Crippen LogP contribution in [-0.2, 0) is 24.1 Å². The topological polar surface area (TPSA) is 80.0 Å². The summed E-state index contributed by atoms with van der Waals surface area (Å²) in [5.74, 6) is 1.24. The van der Waals surface area contributed by atoms with Crippen LogP contribution in [0.1, 0.15) is 24.2 Å². The van der Waals surface area contributed by atoms with E-state index in [4.69, 9.17) is 4.52 Å². The van der Waals surface area contributed by atoms with Crippen molar-refractivity contribution < 1.29 is 9.32 Å². The van der Waals surface area contributed by atoms with Crippen LogP contribution in [0.5, 0.6) is 0 Å². The maximum atomic E-state index is 11.8. The molecule has 0 bridgehead atoms. The van der Waals surface area contributed by atoms with Gasteiger partial charge in [0, 0.05) is 25.4 Å². The summed E-state index contributed by atoms with van der Waals surface area (Å²) < 4.78 is 5.17. The first kappa shape index (κ1) is 19.1. The molecule has 6 nitrogen and oxygen atoms in total. The quantitative estimate of drug-likeness (QED) is 0.763. The first-order valence-corrected chi connectivity index (χ1v) is 7.46. The lowest BCUT2D eigenvalue weighted by atomic mass is 10.1. The van der Waals surface area contributed by atoms with E-state index in [2.05, 4.69) is 27.7 Å². The van der Waals surface area contributed by atoms with E-state index in [0.29, 0.717) is 37.1 Å². The molecule has 0 aliphatic heterocycles. The lowest BCUT2D eigenvalue weighted by Crippen LogP contribution is -2.27. The van der Waals surface area contributed by atoms with Crippen molar-refractivity contribution in [2.45, 2.75) is 32.2 Å². The summed E-state index contributed by atoms with van der Waals surface area (Å²) in [6.45, 7) is 2.55. The molecule has 1 atom stereocenters. The molecular weight excluding hydrogens is 316 g/mol. The van der Waals surface area contributed by atoms with Gasteiger partial charge in [-0.05, 0) is 19.5 Å². The minimum atomic E-state index is -0.00487. The molecule has 0 radical (unpaired) electrons. The first-order valence-electron chi connectivity index (χ1n) is 7.46. The maximum absolute atomic E-state index is 11.8. The Morgan fingerprint density at radius 1 is 1.30 bits per heavy atom. The fourth-order valence-corrected chi connectivity index (χ4v) is 2.00. The second kappa shape index (κ2) is 9.97. The smallest absolute Gasteiger partial charge is 0.228 e. The number of benzene rings is 1. The Balaban J connectivity index is 0.00000264. The predicted molar refractivity (Wildman–Crippen MR) is 90.6 cm³/mol. The number of aromatic nitrogens is 2. The van der Waals surface area contributed by atoms with E-state index in [1.165, 1.54) is 0 Å². The minimum absolute atomic E-state index is 0. The van der Waals surface area contributed by atoms with Gasteiger partial charge in [0.15, 0.2) is 5.82 Å². The molecule has 1 unspecified atom stereocenters. The zero-order chi connectivity index (χ0) is 15.8. The van der Waals surface area contributed by atoms with Gasteiger partial charge in [-0.1, -0.05) is 35.5 Å². The van der Waals surface area contributed by atoms with Crippen LogP contribution in [-0.4, -0.2) is 35.7 Å². The number of carbonyl (C=O) groups excluding carboxylic acids is 1. The van der Waals surface area contributed by atoms with E-state index >= 15 is 0 Å². The number of hydrogen-bond acceptors (Lipinski definition) is 5. The van der Waals surface area contributed by atoms with E-state index in [9.17, 15) is 4.79 Å². The highest BCUT2D eigenvalue weighted by molar-refractivity contribution is 5.85. The van der Waals surface area contributed by atoms with Gasteiger partial charge in [0.1, 0.15) is 0 Å². The molecule has 0 aliphatic rings. The summed E-state index contributed by atoms with van der Waals surface area (Å²) in [5, 5.41) is 9.92. The van der Waals surface area contributed by atoms with Crippen LogP contribution in [0.25, 0.3) is 0 Å². The van der Waals surface area contributed by atoms with E-state index in [0.717, 1.165) is 12.0 Å². The Labute approximate surface area is 142 Å². The number of amides is 1. The predicted octanol–water partition coefficient (Wildman–Crippen LogP) is 1.54. The molecule has 7 heteroatoms. The van der Waals surface area contributed by atoms with Crippen molar-refractivity contribution in [1.82, 2.24) is 20.8 Å². The molecule has 126 valence electrons. The fourth-order valence-electron chi connectivity index (χ4n) is 2.00. The van der Waals surface area contributed by atoms with Gasteiger partial charge in [-0.15, -0.1) is 12.4 Å². The summed E-state index contributed by atoms with van der Waals surface area (Å²) >= 11 is 0. The third-order valence-corrected chi connectivity index (χ3v) is 3.36. The average Bonchev–Trinajstić information content (AvgIpc) is 2.95. The van der Waals surface area contributed by atoms with Crippen molar-refractivity contribution >= 4 is 18.3 Å². The van der Waals surface area contributed by atoms with E-state index in [1.54, 1.807) is 0 Å². The number of rotatable bonds is 8. The molecular formula is C16H23ClN4O2. The van der Waals surface area contributed by atoms with Crippen molar-refractivity contribution in [1.29, 1.82) is 0 Å². The summed E-state index contributed by atoms with van der Waals surface area (Å²) in [5.41, 5.74) is 1.00. The lowest BCUT2D eigenvalue weighted by Gasteiger charge is -2.04. The molecule has 2 rings (SSSR count). The third kappa shape index (κ3) is 6.80. The Kier molecular flexibility index (Phi) is 8.29. The van der Waals surface area contributed by atoms with Crippen molar-refractivity contribution in [2.75, 3.05) is 13.6 Å². The molecule has 2 aromatic rings. The largest absolute Gasteiger partial charge is 0.355 e. The SMILES string of the molecule is CNC(C)Cc1noc(CCNC(=O)Cc2ccccc2)n1.Cl. The molecule has 0 saturated carbocycles. The molecule has 0 saturated heterocycles. The summed E-state index contributed by atoms with van der Waals surface area (Å²) in [6.07, 6.45) is 1.65. The highest BCUT2D eigenvalue weighted by Gasteiger charge is 2.10. The average molecular weight is 339 g/mol. The van der Waals surface area contributed by atoms with Crippen molar-refractivity contribution in [2.24, 2.45) is 0 Å². The Bertz CT molecular complexity index is 589. The van der Waals surface area contributed by atoms with Crippen molar-refractivity contribution in [3.05, 3.63) is 47.6 Å². The maximum Gasteiger partial charge on any atom is 0.228 e. The number of likely N-dealkylation sites (N-methyl/N-ethyl adjacent to an activating group) is 1. The molecule has 1 amide bonds. The van der Waals surface area contributed by atoms with Crippen LogP contribution in [0.15, 0.2) is 34.9 Å².